The highest BCUT2D eigenvalue weighted by atomic mass is 16.3. The van der Waals surface area contributed by atoms with Crippen molar-refractivity contribution in [1.29, 1.82) is 0 Å². The van der Waals surface area contributed by atoms with Crippen molar-refractivity contribution in [3.8, 4) is 0 Å². The quantitative estimate of drug-likeness (QED) is 0.872. The molecule has 17 heavy (non-hydrogen) atoms. The fraction of sp³-hybridized carbons (Fsp3) is 0.786. The van der Waals surface area contributed by atoms with Crippen LogP contribution in [0.25, 0.3) is 0 Å². The molecule has 1 aliphatic carbocycles. The SMILES string of the molecule is Cc1nn(C)c(C)c1CC(O)CC1CCCC1. The lowest BCUT2D eigenvalue weighted by atomic mass is 9.95. The minimum Gasteiger partial charge on any atom is -0.393 e. The smallest absolute Gasteiger partial charge is 0.0629 e. The summed E-state index contributed by atoms with van der Waals surface area (Å²) in [6, 6.07) is 0. The molecule has 1 saturated carbocycles. The summed E-state index contributed by atoms with van der Waals surface area (Å²) in [7, 11) is 1.97. The van der Waals surface area contributed by atoms with E-state index in [2.05, 4.69) is 12.0 Å². The average Bonchev–Trinajstić information content (AvgIpc) is 2.83. The highest BCUT2D eigenvalue weighted by Crippen LogP contribution is 2.29. The van der Waals surface area contributed by atoms with Gasteiger partial charge in [0.15, 0.2) is 0 Å². The van der Waals surface area contributed by atoms with Gasteiger partial charge in [0.2, 0.25) is 0 Å². The van der Waals surface area contributed by atoms with Crippen LogP contribution >= 0.6 is 0 Å². The van der Waals surface area contributed by atoms with E-state index in [0.717, 1.165) is 24.5 Å². The van der Waals surface area contributed by atoms with Gasteiger partial charge in [0.1, 0.15) is 0 Å². The normalized spacial score (nSPS) is 18.8. The van der Waals surface area contributed by atoms with Crippen LogP contribution in [0.4, 0.5) is 0 Å². The van der Waals surface area contributed by atoms with Crippen molar-refractivity contribution < 1.29 is 5.11 Å². The molecule has 0 radical (unpaired) electrons. The standard InChI is InChI=1S/C14H24N2O/c1-10-14(11(2)16(3)15-10)9-13(17)8-12-6-4-5-7-12/h12-13,17H,4-9H2,1-3H3. The molecule has 3 heteroatoms. The number of hydrogen-bond acceptors (Lipinski definition) is 2. The molecule has 1 unspecified atom stereocenters. The summed E-state index contributed by atoms with van der Waals surface area (Å²) in [6.07, 6.45) is 6.85. The molecule has 0 bridgehead atoms. The number of aliphatic hydroxyl groups excluding tert-OH is 1. The Hall–Kier alpha value is -0.830. The second-order valence-corrected chi connectivity index (χ2v) is 5.52. The van der Waals surface area contributed by atoms with E-state index in [1.165, 1.54) is 36.9 Å². The molecule has 0 aromatic carbocycles. The zero-order chi connectivity index (χ0) is 12.4. The van der Waals surface area contributed by atoms with E-state index in [9.17, 15) is 5.11 Å². The Morgan fingerprint density at radius 3 is 2.53 bits per heavy atom. The number of aryl methyl sites for hydroxylation is 2. The Labute approximate surface area is 104 Å². The van der Waals surface area contributed by atoms with E-state index < -0.39 is 0 Å². The second-order valence-electron chi connectivity index (χ2n) is 5.52. The van der Waals surface area contributed by atoms with Gasteiger partial charge >= 0.3 is 0 Å². The number of aliphatic hydroxyl groups is 1. The van der Waals surface area contributed by atoms with Gasteiger partial charge in [0, 0.05) is 19.2 Å². The maximum Gasteiger partial charge on any atom is 0.0629 e. The van der Waals surface area contributed by atoms with Gasteiger partial charge in [-0.3, -0.25) is 4.68 Å². The van der Waals surface area contributed by atoms with Gasteiger partial charge in [-0.2, -0.15) is 5.10 Å². The van der Waals surface area contributed by atoms with Crippen LogP contribution in [-0.2, 0) is 13.5 Å². The molecule has 1 atom stereocenters. The molecule has 96 valence electrons. The number of rotatable bonds is 4. The summed E-state index contributed by atoms with van der Waals surface area (Å²) in [5.41, 5.74) is 3.49. The monoisotopic (exact) mass is 236 g/mol. The van der Waals surface area contributed by atoms with E-state index in [0.29, 0.717) is 0 Å². The molecule has 1 heterocycles. The Morgan fingerprint density at radius 2 is 2.00 bits per heavy atom. The zero-order valence-corrected chi connectivity index (χ0v) is 11.2. The fourth-order valence-electron chi connectivity index (χ4n) is 3.06. The van der Waals surface area contributed by atoms with E-state index in [-0.39, 0.29) is 6.10 Å². The Balaban J connectivity index is 1.95. The minimum absolute atomic E-state index is 0.195. The molecule has 0 aliphatic heterocycles. The molecule has 1 fully saturated rings. The number of hydrogen-bond donors (Lipinski definition) is 1. The molecule has 0 saturated heterocycles. The lowest BCUT2D eigenvalue weighted by Crippen LogP contribution is -2.15. The summed E-state index contributed by atoms with van der Waals surface area (Å²) in [6.45, 7) is 4.11. The van der Waals surface area contributed by atoms with Gasteiger partial charge < -0.3 is 5.11 Å². The molecule has 1 aliphatic rings. The third-order valence-corrected chi connectivity index (χ3v) is 4.18. The fourth-order valence-corrected chi connectivity index (χ4v) is 3.06. The Morgan fingerprint density at radius 1 is 1.35 bits per heavy atom. The van der Waals surface area contributed by atoms with E-state index >= 15 is 0 Å². The van der Waals surface area contributed by atoms with Crippen LogP contribution in [0.5, 0.6) is 0 Å². The summed E-state index contributed by atoms with van der Waals surface area (Å²) in [5.74, 6) is 0.752. The van der Waals surface area contributed by atoms with Gasteiger partial charge in [-0.1, -0.05) is 25.7 Å². The van der Waals surface area contributed by atoms with Crippen molar-refractivity contribution in [2.75, 3.05) is 0 Å². The van der Waals surface area contributed by atoms with Crippen LogP contribution < -0.4 is 0 Å². The average molecular weight is 236 g/mol. The van der Waals surface area contributed by atoms with Crippen molar-refractivity contribution in [3.63, 3.8) is 0 Å². The van der Waals surface area contributed by atoms with Gasteiger partial charge in [-0.15, -0.1) is 0 Å². The van der Waals surface area contributed by atoms with Crippen molar-refractivity contribution in [3.05, 3.63) is 17.0 Å². The largest absolute Gasteiger partial charge is 0.393 e. The van der Waals surface area contributed by atoms with Crippen LogP contribution in [0.3, 0.4) is 0 Å². The highest BCUT2D eigenvalue weighted by Gasteiger charge is 2.20. The maximum atomic E-state index is 10.2. The molecular formula is C14H24N2O. The van der Waals surface area contributed by atoms with Crippen molar-refractivity contribution >= 4 is 0 Å². The molecule has 3 nitrogen and oxygen atoms in total. The van der Waals surface area contributed by atoms with Crippen molar-refractivity contribution in [2.24, 2.45) is 13.0 Å². The third-order valence-electron chi connectivity index (χ3n) is 4.18. The first-order chi connectivity index (χ1) is 8.08. The molecule has 0 spiro atoms. The van der Waals surface area contributed by atoms with Crippen LogP contribution in [0.15, 0.2) is 0 Å². The van der Waals surface area contributed by atoms with Gasteiger partial charge in [0.25, 0.3) is 0 Å². The first-order valence-corrected chi connectivity index (χ1v) is 6.75. The topological polar surface area (TPSA) is 38.0 Å². The van der Waals surface area contributed by atoms with Crippen molar-refractivity contribution in [1.82, 2.24) is 9.78 Å². The van der Waals surface area contributed by atoms with Crippen molar-refractivity contribution in [2.45, 2.75) is 58.5 Å². The van der Waals surface area contributed by atoms with Crippen LogP contribution in [0, 0.1) is 19.8 Å². The molecule has 1 aromatic heterocycles. The van der Waals surface area contributed by atoms with Gasteiger partial charge in [-0.25, -0.2) is 0 Å². The second kappa shape index (κ2) is 5.21. The predicted octanol–water partition coefficient (Wildman–Crippen LogP) is 2.52. The lowest BCUT2D eigenvalue weighted by molar-refractivity contribution is 0.143. The zero-order valence-electron chi connectivity index (χ0n) is 11.2. The molecule has 1 aromatic rings. The van der Waals surface area contributed by atoms with Crippen LogP contribution in [0.2, 0.25) is 0 Å². The molecule has 1 N–H and O–H groups in total. The molecule has 0 amide bonds. The first kappa shape index (κ1) is 12.6. The summed E-state index contributed by atoms with van der Waals surface area (Å²) in [5, 5.41) is 14.6. The summed E-state index contributed by atoms with van der Waals surface area (Å²) < 4.78 is 1.91. The highest BCUT2D eigenvalue weighted by molar-refractivity contribution is 5.25. The lowest BCUT2D eigenvalue weighted by Gasteiger charge is -2.15. The molecular weight excluding hydrogens is 212 g/mol. The third kappa shape index (κ3) is 2.89. The Bertz CT molecular complexity index is 378. The minimum atomic E-state index is -0.195. The summed E-state index contributed by atoms with van der Waals surface area (Å²) in [4.78, 5) is 0. The Kier molecular flexibility index (Phi) is 3.87. The van der Waals surface area contributed by atoms with Gasteiger partial charge in [-0.05, 0) is 31.7 Å². The first-order valence-electron chi connectivity index (χ1n) is 6.75. The summed E-state index contributed by atoms with van der Waals surface area (Å²) >= 11 is 0. The van der Waals surface area contributed by atoms with E-state index in [4.69, 9.17) is 0 Å². The van der Waals surface area contributed by atoms with Crippen LogP contribution in [0.1, 0.15) is 49.1 Å². The van der Waals surface area contributed by atoms with Gasteiger partial charge in [0.05, 0.1) is 11.8 Å². The number of aromatic nitrogens is 2. The maximum absolute atomic E-state index is 10.2. The van der Waals surface area contributed by atoms with E-state index in [1.54, 1.807) is 0 Å². The van der Waals surface area contributed by atoms with Crippen LogP contribution in [-0.4, -0.2) is 21.0 Å². The number of nitrogens with zero attached hydrogens (tertiary/aromatic N) is 2. The predicted molar refractivity (Wildman–Crippen MR) is 69.0 cm³/mol. The molecule has 2 rings (SSSR count). The van der Waals surface area contributed by atoms with E-state index in [1.807, 2.05) is 18.7 Å².